The number of halogens is 1. The van der Waals surface area contributed by atoms with Gasteiger partial charge in [-0.3, -0.25) is 9.69 Å². The molecule has 4 aromatic rings. The number of likely N-dealkylation sites (tertiary alicyclic amines) is 1. The molecular formula is C45H48ClN5O4. The highest BCUT2D eigenvalue weighted by Gasteiger charge is 2.31. The summed E-state index contributed by atoms with van der Waals surface area (Å²) < 4.78 is 19.5. The molecule has 7 rings (SSSR count). The number of fused-ring (bicyclic) bond motifs is 1. The first kappa shape index (κ1) is 38.2. The highest BCUT2D eigenvalue weighted by Crippen LogP contribution is 2.44. The molecule has 2 aliphatic heterocycles. The van der Waals surface area contributed by atoms with E-state index >= 15 is 0 Å². The molecule has 0 aromatic heterocycles. The van der Waals surface area contributed by atoms with E-state index in [1.807, 2.05) is 12.1 Å². The van der Waals surface area contributed by atoms with Crippen molar-refractivity contribution in [2.45, 2.75) is 96.7 Å². The van der Waals surface area contributed by atoms with E-state index in [2.05, 4.69) is 84.8 Å². The predicted molar refractivity (Wildman–Crippen MR) is 213 cm³/mol. The lowest BCUT2D eigenvalue weighted by molar-refractivity contribution is -0.122. The molecule has 1 amide bonds. The van der Waals surface area contributed by atoms with Crippen LogP contribution in [0, 0.1) is 29.6 Å². The van der Waals surface area contributed by atoms with Crippen LogP contribution in [0.15, 0.2) is 66.7 Å². The monoisotopic (exact) mass is 757 g/mol. The van der Waals surface area contributed by atoms with Gasteiger partial charge in [0, 0.05) is 55.8 Å². The van der Waals surface area contributed by atoms with Crippen LogP contribution in [0.2, 0.25) is 5.02 Å². The maximum atomic E-state index is 11.7. The number of hydrogen-bond donors (Lipinski definition) is 2. The molecule has 1 aliphatic carbocycles. The van der Waals surface area contributed by atoms with Gasteiger partial charge in [-0.15, -0.1) is 0 Å². The summed E-state index contributed by atoms with van der Waals surface area (Å²) in [5, 5.41) is 25.9. The van der Waals surface area contributed by atoms with Gasteiger partial charge in [-0.2, -0.15) is 10.5 Å². The second kappa shape index (κ2) is 17.2. The summed E-state index contributed by atoms with van der Waals surface area (Å²) in [6.07, 6.45) is 4.96. The molecule has 2 heterocycles. The lowest BCUT2D eigenvalue weighted by Gasteiger charge is -2.45. The summed E-state index contributed by atoms with van der Waals surface area (Å²) in [7, 11) is 0. The Kier molecular flexibility index (Phi) is 11.9. The van der Waals surface area contributed by atoms with Crippen LogP contribution in [0.1, 0.15) is 91.0 Å². The second-order valence-corrected chi connectivity index (χ2v) is 15.5. The Morgan fingerprint density at radius 2 is 1.67 bits per heavy atom. The molecule has 10 heteroatoms. The molecule has 0 bridgehead atoms. The van der Waals surface area contributed by atoms with Crippen LogP contribution >= 0.6 is 11.6 Å². The highest BCUT2D eigenvalue weighted by molar-refractivity contribution is 6.32. The number of nitrogens with one attached hydrogen (secondary N) is 2. The SMILES string of the molecule is Cc1c(OCCCN2C(C)CC2C)cccc1-c1cccc2c1CC[C@@H]2Oc1cc(OCc2cc(C#N)cc(C#N)c2)c(CN[C@H]2CCC(=O)NC2)cc1Cl. The number of nitrogens with zero attached hydrogens (tertiary/aromatic N) is 3. The average Bonchev–Trinajstić information content (AvgIpc) is 3.61. The standard InChI is InChI=1S/C45H48ClN5O4/c1-28-17-29(2)51(28)15-6-16-53-41-10-5-7-36(30(41)3)37-8-4-9-39-38(37)12-13-42(39)55-44-22-43(54-27-33-19-31(23-47)18-32(20-33)24-48)34(21-40(44)46)25-49-35-11-14-45(52)50-26-35/h4-5,7-10,18-22,28-29,35,42,49H,6,11-17,25-27H2,1-3H3,(H,50,52)/t28?,29?,35-,42-/m0/s1. The van der Waals surface area contributed by atoms with Gasteiger partial charge in [0.2, 0.25) is 5.91 Å². The Morgan fingerprint density at radius 3 is 2.40 bits per heavy atom. The third-order valence-electron chi connectivity index (χ3n) is 11.3. The van der Waals surface area contributed by atoms with Crippen molar-refractivity contribution in [1.29, 1.82) is 10.5 Å². The molecule has 3 aliphatic rings. The first-order valence-electron chi connectivity index (χ1n) is 19.4. The van der Waals surface area contributed by atoms with Crippen LogP contribution in [-0.2, 0) is 24.4 Å². The van der Waals surface area contributed by atoms with E-state index < -0.39 is 0 Å². The molecule has 55 heavy (non-hydrogen) atoms. The van der Waals surface area contributed by atoms with Crippen molar-refractivity contribution < 1.29 is 19.0 Å². The predicted octanol–water partition coefficient (Wildman–Crippen LogP) is 8.32. The van der Waals surface area contributed by atoms with Gasteiger partial charge in [-0.25, -0.2) is 0 Å². The van der Waals surface area contributed by atoms with Crippen molar-refractivity contribution in [3.8, 4) is 40.5 Å². The van der Waals surface area contributed by atoms with Crippen molar-refractivity contribution in [2.75, 3.05) is 19.7 Å². The maximum absolute atomic E-state index is 11.7. The van der Waals surface area contributed by atoms with Crippen molar-refractivity contribution in [2.24, 2.45) is 0 Å². The zero-order valence-electron chi connectivity index (χ0n) is 31.8. The summed E-state index contributed by atoms with van der Waals surface area (Å²) in [6, 6.07) is 27.2. The highest BCUT2D eigenvalue weighted by atomic mass is 35.5. The van der Waals surface area contributed by atoms with Gasteiger partial charge in [0.05, 0.1) is 34.9 Å². The van der Waals surface area contributed by atoms with E-state index in [-0.39, 0.29) is 24.7 Å². The van der Waals surface area contributed by atoms with Gasteiger partial charge in [-0.1, -0.05) is 41.9 Å². The number of carbonyl (C=O) groups is 1. The lowest BCUT2D eigenvalue weighted by atomic mass is 9.93. The zero-order valence-corrected chi connectivity index (χ0v) is 32.5. The molecule has 9 nitrogen and oxygen atoms in total. The van der Waals surface area contributed by atoms with Crippen molar-refractivity contribution >= 4 is 17.5 Å². The number of hydrogen-bond acceptors (Lipinski definition) is 8. The molecule has 4 atom stereocenters. The molecule has 2 unspecified atom stereocenters. The minimum atomic E-state index is -0.202. The first-order valence-corrected chi connectivity index (χ1v) is 19.7. The fraction of sp³-hybridized carbons (Fsp3) is 0.400. The number of amides is 1. The normalized spacial score (nSPS) is 20.4. The average molecular weight is 758 g/mol. The van der Waals surface area contributed by atoms with Crippen LogP contribution in [-0.4, -0.2) is 48.6 Å². The number of ether oxygens (including phenoxy) is 3. The number of benzene rings is 4. The molecule has 284 valence electrons. The van der Waals surface area contributed by atoms with E-state index in [1.165, 1.54) is 23.1 Å². The fourth-order valence-electron chi connectivity index (χ4n) is 8.30. The molecular weight excluding hydrogens is 710 g/mol. The molecule has 2 N–H and O–H groups in total. The largest absolute Gasteiger partial charge is 0.493 e. The number of carbonyl (C=O) groups excluding carboxylic acids is 1. The smallest absolute Gasteiger partial charge is 0.220 e. The van der Waals surface area contributed by atoms with E-state index in [4.69, 9.17) is 25.8 Å². The fourth-order valence-corrected chi connectivity index (χ4v) is 8.53. The van der Waals surface area contributed by atoms with Gasteiger partial charge < -0.3 is 24.8 Å². The Hall–Kier alpha value is -5.06. The zero-order chi connectivity index (χ0) is 38.5. The second-order valence-electron chi connectivity index (χ2n) is 15.1. The Morgan fingerprint density at radius 1 is 0.909 bits per heavy atom. The van der Waals surface area contributed by atoms with Gasteiger partial charge in [-0.05, 0) is 117 Å². The van der Waals surface area contributed by atoms with E-state index in [0.29, 0.717) is 71.4 Å². The van der Waals surface area contributed by atoms with Crippen molar-refractivity contribution in [1.82, 2.24) is 15.5 Å². The van der Waals surface area contributed by atoms with Crippen molar-refractivity contribution in [3.05, 3.63) is 111 Å². The summed E-state index contributed by atoms with van der Waals surface area (Å²) in [4.78, 5) is 14.3. The number of nitriles is 2. The van der Waals surface area contributed by atoms with E-state index in [1.54, 1.807) is 18.2 Å². The summed E-state index contributed by atoms with van der Waals surface area (Å²) in [5.41, 5.74) is 8.25. The van der Waals surface area contributed by atoms with Gasteiger partial charge >= 0.3 is 0 Å². The van der Waals surface area contributed by atoms with Crippen LogP contribution < -0.4 is 24.8 Å². The Balaban J connectivity index is 1.09. The minimum Gasteiger partial charge on any atom is -0.493 e. The molecule has 0 saturated carbocycles. The molecule has 2 fully saturated rings. The number of rotatable bonds is 14. The Labute approximate surface area is 329 Å². The molecule has 0 radical (unpaired) electrons. The summed E-state index contributed by atoms with van der Waals surface area (Å²) in [6.45, 7) is 9.66. The van der Waals surface area contributed by atoms with Gasteiger partial charge in [0.15, 0.2) is 0 Å². The van der Waals surface area contributed by atoms with E-state index in [9.17, 15) is 15.3 Å². The van der Waals surface area contributed by atoms with Gasteiger partial charge in [0.1, 0.15) is 30.0 Å². The number of piperidine rings is 1. The maximum Gasteiger partial charge on any atom is 0.220 e. The van der Waals surface area contributed by atoms with Crippen LogP contribution in [0.4, 0.5) is 0 Å². The lowest BCUT2D eigenvalue weighted by Crippen LogP contribution is -2.53. The molecule has 2 saturated heterocycles. The quantitative estimate of drug-likeness (QED) is 0.123. The first-order chi connectivity index (χ1) is 26.7. The van der Waals surface area contributed by atoms with Gasteiger partial charge in [0.25, 0.3) is 0 Å². The van der Waals surface area contributed by atoms with E-state index in [0.717, 1.165) is 54.7 Å². The third-order valence-corrected chi connectivity index (χ3v) is 11.6. The summed E-state index contributed by atoms with van der Waals surface area (Å²) in [5.74, 6) is 2.09. The van der Waals surface area contributed by atoms with Crippen LogP contribution in [0.3, 0.4) is 0 Å². The van der Waals surface area contributed by atoms with Crippen molar-refractivity contribution in [3.63, 3.8) is 0 Å². The molecule has 0 spiro atoms. The summed E-state index contributed by atoms with van der Waals surface area (Å²) >= 11 is 6.95. The Bertz CT molecular complexity index is 2090. The third kappa shape index (κ3) is 8.76. The van der Waals surface area contributed by atoms with Crippen LogP contribution in [0.25, 0.3) is 11.1 Å². The van der Waals surface area contributed by atoms with Crippen LogP contribution in [0.5, 0.6) is 17.2 Å². The minimum absolute atomic E-state index is 0.0639. The topological polar surface area (TPSA) is 120 Å². The molecule has 4 aromatic carbocycles.